The minimum atomic E-state index is -0.972. The van der Waals surface area contributed by atoms with E-state index in [1.807, 2.05) is 0 Å². The van der Waals surface area contributed by atoms with Crippen molar-refractivity contribution in [3.63, 3.8) is 0 Å². The van der Waals surface area contributed by atoms with E-state index in [0.717, 1.165) is 5.01 Å². The zero-order valence-corrected chi connectivity index (χ0v) is 14.7. The summed E-state index contributed by atoms with van der Waals surface area (Å²) in [6.45, 7) is 6.46. The second-order valence-electron chi connectivity index (χ2n) is 5.32. The van der Waals surface area contributed by atoms with Crippen molar-refractivity contribution in [3.8, 4) is 0 Å². The van der Waals surface area contributed by atoms with Crippen LogP contribution in [-0.4, -0.2) is 28.7 Å². The molecule has 0 fully saturated rings. The van der Waals surface area contributed by atoms with E-state index in [1.165, 1.54) is 25.2 Å². The maximum atomic E-state index is 12.2. The molecule has 1 aromatic heterocycles. The van der Waals surface area contributed by atoms with Crippen molar-refractivity contribution in [3.05, 3.63) is 45.4 Å². The van der Waals surface area contributed by atoms with Gasteiger partial charge in [-0.3, -0.25) is 9.59 Å². The number of aromatic nitrogens is 1. The average molecular weight is 346 g/mol. The average Bonchev–Trinajstić information content (AvgIpc) is 2.86. The molecule has 1 atom stereocenters. The Bertz CT molecular complexity index is 798. The number of nitrogens with zero attached hydrogens (tertiary/aromatic N) is 1. The number of hydrogen-bond donors (Lipinski definition) is 1. The predicted octanol–water partition coefficient (Wildman–Crippen LogP) is 3.15. The monoisotopic (exact) mass is 346 g/mol. The third-order valence-electron chi connectivity index (χ3n) is 3.28. The topological polar surface area (TPSA) is 85.4 Å². The molecule has 1 aromatic carbocycles. The van der Waals surface area contributed by atoms with E-state index >= 15 is 0 Å². The van der Waals surface area contributed by atoms with Crippen LogP contribution in [-0.2, 0) is 9.53 Å². The third kappa shape index (κ3) is 4.26. The SMILES string of the molecule is CC(=O)c1cccc(NC(=O)[C@H](C)OC(=O)c2sc(C)nc2C)c1. The number of hydrogen-bond acceptors (Lipinski definition) is 6. The van der Waals surface area contributed by atoms with Crippen molar-refractivity contribution in [1.82, 2.24) is 4.98 Å². The fourth-order valence-corrected chi connectivity index (χ4v) is 2.85. The Balaban J connectivity index is 2.02. The van der Waals surface area contributed by atoms with Crippen molar-refractivity contribution < 1.29 is 19.1 Å². The Morgan fingerprint density at radius 1 is 1.25 bits per heavy atom. The summed E-state index contributed by atoms with van der Waals surface area (Å²) < 4.78 is 5.19. The van der Waals surface area contributed by atoms with Crippen molar-refractivity contribution in [1.29, 1.82) is 0 Å². The van der Waals surface area contributed by atoms with Gasteiger partial charge in [0.2, 0.25) is 0 Å². The van der Waals surface area contributed by atoms with Crippen LogP contribution in [0.4, 0.5) is 5.69 Å². The molecule has 7 heteroatoms. The number of esters is 1. The largest absolute Gasteiger partial charge is 0.448 e. The fraction of sp³-hybridized carbons (Fsp3) is 0.294. The standard InChI is InChI=1S/C17H18N2O4S/c1-9-15(24-12(4)18-9)17(22)23-11(3)16(21)19-14-7-5-6-13(8-14)10(2)20/h5-8,11H,1-4H3,(H,19,21)/t11-/m0/s1. The summed E-state index contributed by atoms with van der Waals surface area (Å²) in [5, 5.41) is 3.39. The highest BCUT2D eigenvalue weighted by Crippen LogP contribution is 2.19. The number of benzene rings is 1. The number of nitrogens with one attached hydrogen (secondary N) is 1. The number of carbonyl (C=O) groups excluding carboxylic acids is 3. The van der Waals surface area contributed by atoms with Crippen molar-refractivity contribution >= 4 is 34.7 Å². The van der Waals surface area contributed by atoms with Crippen LogP contribution in [0.1, 0.15) is 44.6 Å². The first-order valence-electron chi connectivity index (χ1n) is 7.35. The Hall–Kier alpha value is -2.54. The lowest BCUT2D eigenvalue weighted by Gasteiger charge is -2.13. The molecule has 0 radical (unpaired) electrons. The molecule has 24 heavy (non-hydrogen) atoms. The molecule has 0 unspecified atom stereocenters. The molecule has 0 bridgehead atoms. The lowest BCUT2D eigenvalue weighted by molar-refractivity contribution is -0.123. The molecule has 2 aromatic rings. The summed E-state index contributed by atoms with van der Waals surface area (Å²) in [5.74, 6) is -1.14. The molecule has 126 valence electrons. The van der Waals surface area contributed by atoms with Gasteiger partial charge >= 0.3 is 5.97 Å². The first-order chi connectivity index (χ1) is 11.3. The number of aryl methyl sites for hydroxylation is 2. The lowest BCUT2D eigenvalue weighted by Crippen LogP contribution is -2.30. The smallest absolute Gasteiger partial charge is 0.351 e. The van der Waals surface area contributed by atoms with Gasteiger partial charge in [-0.05, 0) is 39.8 Å². The van der Waals surface area contributed by atoms with Gasteiger partial charge in [-0.2, -0.15) is 0 Å². The number of thiazole rings is 1. The molecular weight excluding hydrogens is 328 g/mol. The van der Waals surface area contributed by atoms with Crippen molar-refractivity contribution in [2.75, 3.05) is 5.32 Å². The van der Waals surface area contributed by atoms with E-state index in [4.69, 9.17) is 4.74 Å². The number of Topliss-reactive ketones (excluding diaryl/α,β-unsaturated/α-hetero) is 1. The van der Waals surface area contributed by atoms with Gasteiger partial charge in [-0.25, -0.2) is 9.78 Å². The molecule has 0 aliphatic carbocycles. The first-order valence-corrected chi connectivity index (χ1v) is 8.16. The van der Waals surface area contributed by atoms with Crippen LogP contribution in [0.15, 0.2) is 24.3 Å². The maximum Gasteiger partial charge on any atom is 0.351 e. The highest BCUT2D eigenvalue weighted by molar-refractivity contribution is 7.13. The van der Waals surface area contributed by atoms with E-state index in [2.05, 4.69) is 10.3 Å². The van der Waals surface area contributed by atoms with E-state index in [1.54, 1.807) is 38.1 Å². The van der Waals surface area contributed by atoms with E-state index in [-0.39, 0.29) is 5.78 Å². The zero-order chi connectivity index (χ0) is 17.9. The van der Waals surface area contributed by atoms with E-state index < -0.39 is 18.0 Å². The molecule has 0 aliphatic rings. The second-order valence-corrected chi connectivity index (χ2v) is 6.52. The van der Waals surface area contributed by atoms with Crippen LogP contribution >= 0.6 is 11.3 Å². The van der Waals surface area contributed by atoms with Crippen molar-refractivity contribution in [2.24, 2.45) is 0 Å². The van der Waals surface area contributed by atoms with Gasteiger partial charge in [-0.15, -0.1) is 11.3 Å². The molecule has 0 spiro atoms. The Labute approximate surface area is 143 Å². The summed E-state index contributed by atoms with van der Waals surface area (Å²) in [7, 11) is 0. The number of rotatable bonds is 5. The zero-order valence-electron chi connectivity index (χ0n) is 13.9. The van der Waals surface area contributed by atoms with Gasteiger partial charge in [0.15, 0.2) is 11.9 Å². The van der Waals surface area contributed by atoms with Gasteiger partial charge in [0.25, 0.3) is 5.91 Å². The number of anilines is 1. The Kier molecular flexibility index (Phi) is 5.46. The quantitative estimate of drug-likeness (QED) is 0.664. The van der Waals surface area contributed by atoms with Crippen LogP contribution in [0, 0.1) is 13.8 Å². The fourth-order valence-electron chi connectivity index (χ4n) is 2.05. The molecular formula is C17H18N2O4S. The highest BCUT2D eigenvalue weighted by atomic mass is 32.1. The molecule has 1 heterocycles. The van der Waals surface area contributed by atoms with Crippen LogP contribution < -0.4 is 5.32 Å². The highest BCUT2D eigenvalue weighted by Gasteiger charge is 2.22. The van der Waals surface area contributed by atoms with Gasteiger partial charge in [0, 0.05) is 11.3 Å². The summed E-state index contributed by atoms with van der Waals surface area (Å²) in [6, 6.07) is 6.57. The molecule has 0 aliphatic heterocycles. The van der Waals surface area contributed by atoms with E-state index in [0.29, 0.717) is 21.8 Å². The summed E-state index contributed by atoms with van der Waals surface area (Å²) in [4.78, 5) is 40.2. The number of amides is 1. The minimum Gasteiger partial charge on any atom is -0.448 e. The normalized spacial score (nSPS) is 11.7. The lowest BCUT2D eigenvalue weighted by atomic mass is 10.1. The van der Waals surface area contributed by atoms with Crippen LogP contribution in [0.5, 0.6) is 0 Å². The predicted molar refractivity (Wildman–Crippen MR) is 91.5 cm³/mol. The van der Waals surface area contributed by atoms with E-state index in [9.17, 15) is 14.4 Å². The van der Waals surface area contributed by atoms with Gasteiger partial charge in [0.05, 0.1) is 10.7 Å². The minimum absolute atomic E-state index is 0.0957. The molecule has 6 nitrogen and oxygen atoms in total. The third-order valence-corrected chi connectivity index (χ3v) is 4.33. The second kappa shape index (κ2) is 7.35. The van der Waals surface area contributed by atoms with Gasteiger partial charge in [-0.1, -0.05) is 12.1 Å². The first kappa shape index (κ1) is 17.8. The van der Waals surface area contributed by atoms with Gasteiger partial charge in [0.1, 0.15) is 4.88 Å². The van der Waals surface area contributed by atoms with Crippen LogP contribution in [0.3, 0.4) is 0 Å². The van der Waals surface area contributed by atoms with Gasteiger partial charge < -0.3 is 10.1 Å². The van der Waals surface area contributed by atoms with Crippen LogP contribution in [0.2, 0.25) is 0 Å². The molecule has 1 N–H and O–H groups in total. The molecule has 1 amide bonds. The number of ketones is 1. The van der Waals surface area contributed by atoms with Crippen molar-refractivity contribution in [2.45, 2.75) is 33.8 Å². The number of carbonyl (C=O) groups is 3. The summed E-state index contributed by atoms with van der Waals surface area (Å²) in [5.41, 5.74) is 1.55. The summed E-state index contributed by atoms with van der Waals surface area (Å²) in [6.07, 6.45) is -0.972. The summed E-state index contributed by atoms with van der Waals surface area (Å²) >= 11 is 1.23. The van der Waals surface area contributed by atoms with Crippen LogP contribution in [0.25, 0.3) is 0 Å². The number of ether oxygens (including phenoxy) is 1. The Morgan fingerprint density at radius 2 is 1.96 bits per heavy atom. The molecule has 2 rings (SSSR count). The Morgan fingerprint density at radius 3 is 2.54 bits per heavy atom. The molecule has 0 saturated heterocycles. The maximum absolute atomic E-state index is 12.2. The molecule has 0 saturated carbocycles.